The minimum atomic E-state index is -0.306. The number of rotatable bonds is 5. The highest BCUT2D eigenvalue weighted by molar-refractivity contribution is 7.94. The van der Waals surface area contributed by atoms with Gasteiger partial charge in [-0.15, -0.1) is 0 Å². The largest absolute Gasteiger partial charge is 0.298 e. The first-order valence-corrected chi connectivity index (χ1v) is 8.50. The minimum absolute atomic E-state index is 0.306. The van der Waals surface area contributed by atoms with Crippen LogP contribution in [0.5, 0.6) is 0 Å². The van der Waals surface area contributed by atoms with Crippen molar-refractivity contribution in [3.05, 3.63) is 77.4 Å². The number of hydrogen-bond donors (Lipinski definition) is 0. The van der Waals surface area contributed by atoms with Crippen LogP contribution in [0.2, 0.25) is 0 Å². The molecule has 4 nitrogen and oxygen atoms in total. The molecule has 0 fully saturated rings. The summed E-state index contributed by atoms with van der Waals surface area (Å²) in [6, 6.07) is 18.6. The summed E-state index contributed by atoms with van der Waals surface area (Å²) < 4.78 is 5.52. The first-order chi connectivity index (χ1) is 12.1. The van der Waals surface area contributed by atoms with E-state index in [0.717, 1.165) is 34.2 Å². The number of carbonyl (C=O) groups excluding carboxylic acids is 2. The first kappa shape index (κ1) is 17.2. The number of amides is 1. The van der Waals surface area contributed by atoms with Crippen LogP contribution in [0.4, 0.5) is 0 Å². The summed E-state index contributed by atoms with van der Waals surface area (Å²) >= 11 is 1.11. The van der Waals surface area contributed by atoms with E-state index in [9.17, 15) is 9.59 Å². The molecule has 0 saturated carbocycles. The van der Waals surface area contributed by atoms with Crippen LogP contribution in [0.15, 0.2) is 65.6 Å². The third-order valence-corrected chi connectivity index (χ3v) is 4.61. The van der Waals surface area contributed by atoms with Crippen molar-refractivity contribution in [1.82, 2.24) is 5.06 Å². The Kier molecular flexibility index (Phi) is 5.16. The maximum Gasteiger partial charge on any atom is 0.278 e. The average Bonchev–Trinajstić information content (AvgIpc) is 2.65. The lowest BCUT2D eigenvalue weighted by atomic mass is 9.99. The lowest BCUT2D eigenvalue weighted by Crippen LogP contribution is -2.25. The van der Waals surface area contributed by atoms with Gasteiger partial charge in [-0.05, 0) is 30.5 Å². The van der Waals surface area contributed by atoms with E-state index in [1.807, 2.05) is 43.3 Å². The molecule has 0 aliphatic carbocycles. The zero-order chi connectivity index (χ0) is 17.8. The minimum Gasteiger partial charge on any atom is -0.298 e. The van der Waals surface area contributed by atoms with Crippen molar-refractivity contribution in [1.29, 1.82) is 0 Å². The van der Waals surface area contributed by atoms with Crippen LogP contribution in [0.3, 0.4) is 0 Å². The predicted molar refractivity (Wildman–Crippen MR) is 99.6 cm³/mol. The first-order valence-electron chi connectivity index (χ1n) is 7.76. The molecule has 0 spiro atoms. The van der Waals surface area contributed by atoms with Crippen LogP contribution in [-0.2, 0) is 4.28 Å². The number of nitrogens with zero attached hydrogens (tertiary/aromatic N) is 1. The summed E-state index contributed by atoms with van der Waals surface area (Å²) in [7, 11) is 1.56. The molecule has 5 heteroatoms. The van der Waals surface area contributed by atoms with Gasteiger partial charge in [0, 0.05) is 22.9 Å². The zero-order valence-corrected chi connectivity index (χ0v) is 14.7. The van der Waals surface area contributed by atoms with Gasteiger partial charge < -0.3 is 0 Å². The predicted octanol–water partition coefficient (Wildman–Crippen LogP) is 4.67. The van der Waals surface area contributed by atoms with Gasteiger partial charge in [-0.1, -0.05) is 48.0 Å². The second-order valence-corrected chi connectivity index (χ2v) is 6.43. The second kappa shape index (κ2) is 7.51. The van der Waals surface area contributed by atoms with Crippen molar-refractivity contribution in [3.8, 4) is 0 Å². The van der Waals surface area contributed by atoms with Crippen molar-refractivity contribution in [2.24, 2.45) is 0 Å². The molecule has 3 rings (SSSR count). The summed E-state index contributed by atoms with van der Waals surface area (Å²) in [5.74, 6) is -0.306. The number of hydroxylamine groups is 2. The summed E-state index contributed by atoms with van der Waals surface area (Å²) in [4.78, 5) is 25.0. The van der Waals surface area contributed by atoms with E-state index in [4.69, 9.17) is 4.28 Å². The fraction of sp³-hybridized carbons (Fsp3) is 0.100. The Balaban J connectivity index is 1.83. The number of benzene rings is 3. The third-order valence-electron chi connectivity index (χ3n) is 3.85. The zero-order valence-electron chi connectivity index (χ0n) is 13.9. The molecule has 25 heavy (non-hydrogen) atoms. The lowest BCUT2D eigenvalue weighted by molar-refractivity contribution is 0.00179. The van der Waals surface area contributed by atoms with Crippen LogP contribution in [0, 0.1) is 6.92 Å². The van der Waals surface area contributed by atoms with Crippen LogP contribution in [0.25, 0.3) is 10.8 Å². The van der Waals surface area contributed by atoms with Crippen LogP contribution < -0.4 is 0 Å². The Morgan fingerprint density at radius 3 is 2.40 bits per heavy atom. The van der Waals surface area contributed by atoms with Crippen LogP contribution in [0.1, 0.15) is 26.3 Å². The molecule has 3 aromatic carbocycles. The highest BCUT2D eigenvalue weighted by Gasteiger charge is 2.18. The van der Waals surface area contributed by atoms with Gasteiger partial charge in [0.1, 0.15) is 0 Å². The van der Waals surface area contributed by atoms with E-state index in [1.165, 1.54) is 5.06 Å². The Morgan fingerprint density at radius 2 is 1.72 bits per heavy atom. The smallest absolute Gasteiger partial charge is 0.278 e. The molecule has 0 N–H and O–H groups in total. The average molecular weight is 351 g/mol. The number of aldehydes is 1. The van der Waals surface area contributed by atoms with E-state index < -0.39 is 0 Å². The van der Waals surface area contributed by atoms with Crippen LogP contribution >= 0.6 is 12.0 Å². The highest BCUT2D eigenvalue weighted by atomic mass is 32.2. The van der Waals surface area contributed by atoms with Gasteiger partial charge in [-0.3, -0.25) is 9.59 Å². The summed E-state index contributed by atoms with van der Waals surface area (Å²) in [6.45, 7) is 2.01. The molecule has 0 aromatic heterocycles. The molecule has 0 aliphatic rings. The molecule has 0 saturated heterocycles. The van der Waals surface area contributed by atoms with E-state index >= 15 is 0 Å². The molecule has 0 unspecified atom stereocenters. The van der Waals surface area contributed by atoms with Gasteiger partial charge in [-0.25, -0.2) is 5.06 Å². The topological polar surface area (TPSA) is 46.6 Å². The lowest BCUT2D eigenvalue weighted by Gasteiger charge is -2.17. The monoisotopic (exact) mass is 351 g/mol. The Hall–Kier alpha value is -2.63. The number of fused-ring (bicyclic) bond motifs is 1. The fourth-order valence-corrected chi connectivity index (χ4v) is 3.06. The molecular weight excluding hydrogens is 334 g/mol. The summed E-state index contributed by atoms with van der Waals surface area (Å²) in [5.41, 5.74) is 2.08. The van der Waals surface area contributed by atoms with Crippen molar-refractivity contribution < 1.29 is 13.9 Å². The van der Waals surface area contributed by atoms with Crippen molar-refractivity contribution in [3.63, 3.8) is 0 Å². The molecule has 0 heterocycles. The van der Waals surface area contributed by atoms with Gasteiger partial charge in [0.15, 0.2) is 6.29 Å². The quantitative estimate of drug-likeness (QED) is 0.381. The Morgan fingerprint density at radius 1 is 1.04 bits per heavy atom. The SMILES string of the molecule is Cc1ccc(SON(C)C(=O)c2cccc3cccc(C=O)c23)cc1. The normalized spacial score (nSPS) is 10.6. The molecule has 1 amide bonds. The molecular formula is C20H17NO3S. The van der Waals surface area contributed by atoms with Crippen LogP contribution in [-0.4, -0.2) is 24.3 Å². The maximum atomic E-state index is 12.8. The molecule has 0 bridgehead atoms. The van der Waals surface area contributed by atoms with Gasteiger partial charge in [0.05, 0.1) is 17.6 Å². The van der Waals surface area contributed by atoms with E-state index in [2.05, 4.69) is 0 Å². The van der Waals surface area contributed by atoms with Gasteiger partial charge in [0.25, 0.3) is 5.91 Å². The van der Waals surface area contributed by atoms with E-state index in [-0.39, 0.29) is 5.91 Å². The number of carbonyl (C=O) groups is 2. The van der Waals surface area contributed by atoms with Gasteiger partial charge >= 0.3 is 0 Å². The molecule has 126 valence electrons. The Labute approximate surface area is 150 Å². The third kappa shape index (κ3) is 3.73. The van der Waals surface area contributed by atoms with E-state index in [1.54, 1.807) is 31.3 Å². The summed E-state index contributed by atoms with van der Waals surface area (Å²) in [6.07, 6.45) is 0.765. The maximum absolute atomic E-state index is 12.8. The van der Waals surface area contributed by atoms with Gasteiger partial charge in [-0.2, -0.15) is 4.28 Å². The molecule has 0 atom stereocenters. The molecule has 0 aliphatic heterocycles. The van der Waals surface area contributed by atoms with Crippen molar-refractivity contribution in [2.75, 3.05) is 7.05 Å². The molecule has 0 radical (unpaired) electrons. The molecule has 3 aromatic rings. The standard InChI is InChI=1S/C20H17NO3S/c1-14-9-11-17(12-10-14)25-24-21(2)20(23)18-8-4-6-15-5-3-7-16(13-22)19(15)18/h3-13H,1-2H3. The highest BCUT2D eigenvalue weighted by Crippen LogP contribution is 2.25. The van der Waals surface area contributed by atoms with Crippen molar-refractivity contribution in [2.45, 2.75) is 11.8 Å². The Bertz CT molecular complexity index is 917. The number of aryl methyl sites for hydroxylation is 1. The fourth-order valence-electron chi connectivity index (χ4n) is 2.54. The van der Waals surface area contributed by atoms with Crippen molar-refractivity contribution >= 4 is 35.0 Å². The second-order valence-electron chi connectivity index (χ2n) is 5.64. The summed E-state index contributed by atoms with van der Waals surface area (Å²) in [5, 5.41) is 2.66. The van der Waals surface area contributed by atoms with Gasteiger partial charge in [0.2, 0.25) is 0 Å². The number of hydrogen-bond acceptors (Lipinski definition) is 4. The van der Waals surface area contributed by atoms with E-state index in [0.29, 0.717) is 16.5 Å².